The van der Waals surface area contributed by atoms with Crippen LogP contribution in [0.1, 0.15) is 390 Å². The Morgan fingerprint density at radius 3 is 0.683 bits per heavy atom. The Morgan fingerprint density at radius 1 is 0.279 bits per heavy atom. The van der Waals surface area contributed by atoms with Crippen LogP contribution in [0, 0.1) is 0 Å². The first-order chi connectivity index (χ1) is 48.3. The first-order valence-corrected chi connectivity index (χ1v) is 42.8. The number of rotatable bonds is 74. The topological polar surface area (TPSA) is 315 Å². The fourth-order valence-electron chi connectivity index (χ4n) is 10.8. The van der Waals surface area contributed by atoms with Gasteiger partial charge in [0.25, 0.3) is 15.6 Å². The monoisotopic (exact) mass is 1550 g/mol. The van der Waals surface area contributed by atoms with Gasteiger partial charge in [0, 0.05) is 38.5 Å². The second-order valence-electron chi connectivity index (χ2n) is 26.9. The third-order valence-corrected chi connectivity index (χ3v) is 18.8. The Morgan fingerprint density at radius 2 is 0.462 bits per heavy atom. The van der Waals surface area contributed by atoms with Crippen LogP contribution in [0.4, 0.5) is 0 Å². The van der Waals surface area contributed by atoms with Crippen molar-refractivity contribution in [3.8, 4) is 0 Å². The average Bonchev–Trinajstić information content (AvgIpc) is 0.907. The average molecular weight is 1550 g/mol. The maximum atomic E-state index is 12.7. The standard InChI is InChI=1S/C42H79O12P.C34H67O10P.2CH4.2Na/c1-5-9-11-13-15-17-19-21-23-25-27-31-40(44)50-34-38(54-42(46)32-28-26-24-22-20-18-16-14-12-10-6-2)36-52-55(47,48)51-35-37(53-41(45)30-8-4)33-49-39(43)29-7-3;1-3-5-7-9-11-13-15-17-19-21-23-25-33(37)41-29-32(30-43-45(39,40)42-28-31(36)27-35)44-34(38)26-24-22-20-18-16-14-12-10-8-6-4-2;;;;/h37-38H,5-36H2,1-4H3,(H,47,48);31-32,35-36H,3-30H2,1-2H3,(H,39,40);2*1H4;;/q;;;;2*+1/p-2/t37?,38-;31?,32-;;;;/m11..../s1. The molecular formula is C78H152Na2O22P2. The number of hydrogen-bond acceptors (Lipinski definition) is 22. The predicted octanol–water partition coefficient (Wildman–Crippen LogP) is 13.4. The zero-order valence-corrected chi connectivity index (χ0v) is 71.5. The van der Waals surface area contributed by atoms with Crippen molar-refractivity contribution in [1.29, 1.82) is 0 Å². The SMILES string of the molecule is C.C.CCCCCCCCCCCCCC(=O)OC[C@H](COP(=O)([O-])OCC(COC(=O)CCC)OC(=O)CCC)OC(=O)CCCCCCCCCCCCC.CCCCCCCCCCCCCC(=O)OC[C@H](COP(=O)([O-])OCC(O)CO)OC(=O)CCCCCCCCCCCCC.[Na+].[Na+]. The Kier molecular flexibility index (Phi) is 92.4. The van der Waals surface area contributed by atoms with Gasteiger partial charge in [-0.2, -0.15) is 0 Å². The van der Waals surface area contributed by atoms with Gasteiger partial charge in [0.15, 0.2) is 18.3 Å². The van der Waals surface area contributed by atoms with E-state index >= 15 is 0 Å². The van der Waals surface area contributed by atoms with Crippen molar-refractivity contribution in [2.24, 2.45) is 0 Å². The van der Waals surface area contributed by atoms with Crippen molar-refractivity contribution in [3.05, 3.63) is 0 Å². The van der Waals surface area contributed by atoms with E-state index in [1.165, 1.54) is 180 Å². The second kappa shape index (κ2) is 84.4. The van der Waals surface area contributed by atoms with Crippen molar-refractivity contribution in [3.63, 3.8) is 0 Å². The molecule has 0 heterocycles. The molecule has 0 radical (unpaired) electrons. The van der Waals surface area contributed by atoms with Crippen LogP contribution in [0.5, 0.6) is 0 Å². The molecule has 0 saturated carbocycles. The molecule has 0 aromatic carbocycles. The van der Waals surface area contributed by atoms with Crippen LogP contribution in [0.2, 0.25) is 0 Å². The first-order valence-electron chi connectivity index (χ1n) is 39.8. The molecule has 104 heavy (non-hydrogen) atoms. The molecule has 0 saturated heterocycles. The summed E-state index contributed by atoms with van der Waals surface area (Å²) in [7, 11) is -9.86. The van der Waals surface area contributed by atoms with Gasteiger partial charge >= 0.3 is 94.9 Å². The Balaban J connectivity index is -0.000000453. The van der Waals surface area contributed by atoms with Gasteiger partial charge in [-0.05, 0) is 38.5 Å². The van der Waals surface area contributed by atoms with E-state index in [1.54, 1.807) is 13.8 Å². The smallest absolute Gasteiger partial charge is 0.756 e. The van der Waals surface area contributed by atoms with E-state index in [2.05, 4.69) is 32.2 Å². The number of unbranched alkanes of at least 4 members (excludes halogenated alkanes) is 40. The second-order valence-corrected chi connectivity index (χ2v) is 29.8. The van der Waals surface area contributed by atoms with Gasteiger partial charge in [-0.3, -0.25) is 37.9 Å². The number of phosphoric ester groups is 2. The molecule has 0 rings (SSSR count). The maximum absolute atomic E-state index is 12.7. The number of carbonyl (C=O) groups excluding carboxylic acids is 6. The zero-order valence-electron chi connectivity index (χ0n) is 65.7. The van der Waals surface area contributed by atoms with Crippen LogP contribution in [-0.4, -0.2) is 123 Å². The quantitative estimate of drug-likeness (QED) is 0.0188. The minimum atomic E-state index is -5.01. The summed E-state index contributed by atoms with van der Waals surface area (Å²) in [4.78, 5) is 98.7. The predicted molar refractivity (Wildman–Crippen MR) is 402 cm³/mol. The van der Waals surface area contributed by atoms with E-state index in [0.717, 1.165) is 77.0 Å². The van der Waals surface area contributed by atoms with Crippen molar-refractivity contribution in [2.45, 2.75) is 415 Å². The summed E-state index contributed by atoms with van der Waals surface area (Å²) in [6, 6.07) is 0. The Labute approximate surface area is 677 Å². The van der Waals surface area contributed by atoms with E-state index in [9.17, 15) is 52.8 Å². The van der Waals surface area contributed by atoms with Gasteiger partial charge in [0.05, 0.1) is 33.0 Å². The molecule has 0 aliphatic rings. The van der Waals surface area contributed by atoms with Crippen LogP contribution < -0.4 is 68.9 Å². The van der Waals surface area contributed by atoms with E-state index in [-0.39, 0.29) is 132 Å². The third-order valence-electron chi connectivity index (χ3n) is 16.9. The molecule has 2 N–H and O–H groups in total. The van der Waals surface area contributed by atoms with Crippen molar-refractivity contribution >= 4 is 51.5 Å². The van der Waals surface area contributed by atoms with E-state index in [4.69, 9.17) is 47.1 Å². The molecule has 0 aromatic heterocycles. The van der Waals surface area contributed by atoms with Gasteiger partial charge in [-0.1, -0.05) is 313 Å². The summed E-state index contributed by atoms with van der Waals surface area (Å²) in [5, 5.41) is 18.2. The van der Waals surface area contributed by atoms with Crippen molar-refractivity contribution in [2.75, 3.05) is 52.9 Å². The molecule has 0 aliphatic carbocycles. The summed E-state index contributed by atoms with van der Waals surface area (Å²) >= 11 is 0. The summed E-state index contributed by atoms with van der Waals surface area (Å²) in [5.41, 5.74) is 0. The van der Waals surface area contributed by atoms with Gasteiger partial charge in [-0.25, -0.2) is 0 Å². The summed E-state index contributed by atoms with van der Waals surface area (Å²) < 4.78 is 76.1. The van der Waals surface area contributed by atoms with Crippen LogP contribution in [0.3, 0.4) is 0 Å². The number of hydrogen-bond donors (Lipinski definition) is 2. The minimum Gasteiger partial charge on any atom is -0.756 e. The molecule has 0 amide bonds. The van der Waals surface area contributed by atoms with Gasteiger partial charge < -0.3 is 66.5 Å². The molecule has 22 nitrogen and oxygen atoms in total. The molecule has 608 valence electrons. The summed E-state index contributed by atoms with van der Waals surface area (Å²) in [6.07, 6.45) is 47.8. The zero-order chi connectivity index (χ0) is 74.3. The number of phosphoric acid groups is 2. The van der Waals surface area contributed by atoms with E-state index in [1.807, 2.05) is 0 Å². The first kappa shape index (κ1) is 114. The molecule has 4 unspecified atom stereocenters. The van der Waals surface area contributed by atoms with E-state index < -0.39 is 109 Å². The summed E-state index contributed by atoms with van der Waals surface area (Å²) in [5.74, 6) is -3.06. The number of ether oxygens (including phenoxy) is 6. The Hall–Kier alpha value is -1.04. The van der Waals surface area contributed by atoms with E-state index in [0.29, 0.717) is 38.5 Å². The van der Waals surface area contributed by atoms with Crippen LogP contribution >= 0.6 is 15.6 Å². The number of aliphatic hydroxyl groups excluding tert-OH is 2. The molecule has 26 heteroatoms. The van der Waals surface area contributed by atoms with Gasteiger partial charge in [0.2, 0.25) is 0 Å². The third kappa shape index (κ3) is 83.4. The fourth-order valence-corrected chi connectivity index (χ4v) is 12.4. The van der Waals surface area contributed by atoms with Gasteiger partial charge in [0.1, 0.15) is 25.9 Å². The number of esters is 6. The largest absolute Gasteiger partial charge is 1.00 e. The molecule has 0 bridgehead atoms. The number of aliphatic hydroxyl groups is 2. The molecule has 0 aromatic rings. The molecule has 0 aliphatic heterocycles. The minimum absolute atomic E-state index is 0. The van der Waals surface area contributed by atoms with Crippen molar-refractivity contribution < 1.29 is 164 Å². The van der Waals surface area contributed by atoms with Crippen molar-refractivity contribution in [1.82, 2.24) is 0 Å². The maximum Gasteiger partial charge on any atom is 1.00 e. The molecule has 0 spiro atoms. The molecular weight excluding hydrogens is 1400 g/mol. The van der Waals surface area contributed by atoms with Gasteiger partial charge in [-0.15, -0.1) is 0 Å². The molecule has 0 fully saturated rings. The van der Waals surface area contributed by atoms with Crippen LogP contribution in [0.15, 0.2) is 0 Å². The molecule has 6 atom stereocenters. The Bertz CT molecular complexity index is 2030. The number of carbonyl (C=O) groups is 6. The van der Waals surface area contributed by atoms with Crippen LogP contribution in [-0.2, 0) is 84.4 Å². The summed E-state index contributed by atoms with van der Waals surface area (Å²) in [6.45, 7) is 8.15. The van der Waals surface area contributed by atoms with Crippen LogP contribution in [0.25, 0.3) is 0 Å². The fraction of sp³-hybridized carbons (Fsp3) is 0.923. The normalized spacial score (nSPS) is 13.2.